The Morgan fingerprint density at radius 2 is 2.07 bits per heavy atom. The molecule has 8 heteroatoms. The van der Waals surface area contributed by atoms with Crippen LogP contribution in [0.3, 0.4) is 0 Å². The van der Waals surface area contributed by atoms with Gasteiger partial charge in [0.15, 0.2) is 5.65 Å². The maximum atomic E-state index is 12.7. The van der Waals surface area contributed by atoms with Gasteiger partial charge in [0.2, 0.25) is 0 Å². The van der Waals surface area contributed by atoms with Gasteiger partial charge in [0.25, 0.3) is 5.91 Å². The molecule has 0 spiro atoms. The number of nitrogens with one attached hydrogen (secondary N) is 2. The Labute approximate surface area is 174 Å². The van der Waals surface area contributed by atoms with Gasteiger partial charge in [-0.05, 0) is 43.7 Å². The van der Waals surface area contributed by atoms with E-state index in [1.54, 1.807) is 29.0 Å². The van der Waals surface area contributed by atoms with Crippen molar-refractivity contribution in [1.29, 1.82) is 0 Å². The fourth-order valence-corrected chi connectivity index (χ4v) is 4.32. The lowest BCUT2D eigenvalue weighted by Gasteiger charge is -2.31. The number of pyridine rings is 1. The molecule has 156 valence electrons. The summed E-state index contributed by atoms with van der Waals surface area (Å²) < 4.78 is 1.71. The molecule has 0 aromatic carbocycles. The van der Waals surface area contributed by atoms with E-state index < -0.39 is 0 Å². The van der Waals surface area contributed by atoms with E-state index in [-0.39, 0.29) is 24.5 Å². The monoisotopic (exact) mass is 406 g/mol. The third-order valence-electron chi connectivity index (χ3n) is 6.16. The number of amides is 1. The predicted molar refractivity (Wildman–Crippen MR) is 114 cm³/mol. The van der Waals surface area contributed by atoms with Crippen molar-refractivity contribution in [3.63, 3.8) is 0 Å². The molecule has 0 saturated heterocycles. The molecule has 0 aliphatic heterocycles. The summed E-state index contributed by atoms with van der Waals surface area (Å²) in [5.74, 6) is 1.75. The third-order valence-corrected chi connectivity index (χ3v) is 6.16. The number of hydrogen-bond acceptors (Lipinski definition) is 6. The molecule has 3 heterocycles. The van der Waals surface area contributed by atoms with Gasteiger partial charge in [-0.1, -0.05) is 12.8 Å². The summed E-state index contributed by atoms with van der Waals surface area (Å²) in [4.78, 5) is 21.6. The molecule has 2 aliphatic rings. The van der Waals surface area contributed by atoms with Crippen molar-refractivity contribution in [2.45, 2.75) is 50.5 Å². The van der Waals surface area contributed by atoms with Crippen LogP contribution in [0.5, 0.6) is 0 Å². The second-order valence-corrected chi connectivity index (χ2v) is 8.31. The van der Waals surface area contributed by atoms with Crippen LogP contribution in [-0.2, 0) is 0 Å². The van der Waals surface area contributed by atoms with Crippen LogP contribution in [0.25, 0.3) is 5.65 Å². The van der Waals surface area contributed by atoms with E-state index in [0.717, 1.165) is 49.7 Å². The summed E-state index contributed by atoms with van der Waals surface area (Å²) in [5.41, 5.74) is 2.39. The molecule has 5 rings (SSSR count). The molecule has 3 aromatic heterocycles. The van der Waals surface area contributed by atoms with Gasteiger partial charge in [-0.25, -0.2) is 4.98 Å². The second-order valence-electron chi connectivity index (χ2n) is 8.31. The molecule has 3 N–H and O–H groups in total. The summed E-state index contributed by atoms with van der Waals surface area (Å²) in [6.07, 6.45) is 11.6. The molecule has 2 fully saturated rings. The molecule has 30 heavy (non-hydrogen) atoms. The van der Waals surface area contributed by atoms with Crippen molar-refractivity contribution in [1.82, 2.24) is 19.6 Å². The second kappa shape index (κ2) is 8.02. The first-order valence-corrected chi connectivity index (χ1v) is 10.7. The van der Waals surface area contributed by atoms with E-state index >= 15 is 0 Å². The molecule has 2 aliphatic carbocycles. The van der Waals surface area contributed by atoms with E-state index in [9.17, 15) is 9.90 Å². The lowest BCUT2D eigenvalue weighted by atomic mass is 9.85. The van der Waals surface area contributed by atoms with Crippen molar-refractivity contribution < 1.29 is 9.90 Å². The lowest BCUT2D eigenvalue weighted by Crippen LogP contribution is -2.34. The van der Waals surface area contributed by atoms with Crippen LogP contribution in [0.4, 0.5) is 11.6 Å². The smallest absolute Gasteiger partial charge is 0.258 e. The van der Waals surface area contributed by atoms with Gasteiger partial charge in [-0.2, -0.15) is 9.61 Å². The lowest BCUT2D eigenvalue weighted by molar-refractivity contribution is 0.102. The quantitative estimate of drug-likeness (QED) is 0.581. The van der Waals surface area contributed by atoms with Crippen LogP contribution in [0.1, 0.15) is 60.4 Å². The fourth-order valence-electron chi connectivity index (χ4n) is 4.32. The molecule has 2 saturated carbocycles. The van der Waals surface area contributed by atoms with Crippen molar-refractivity contribution >= 4 is 23.2 Å². The average Bonchev–Trinajstić information content (AvgIpc) is 3.53. The Hall–Kier alpha value is -3.00. The first-order valence-electron chi connectivity index (χ1n) is 10.7. The number of anilines is 2. The number of aromatic nitrogens is 4. The first-order chi connectivity index (χ1) is 14.7. The van der Waals surface area contributed by atoms with Crippen LogP contribution >= 0.6 is 0 Å². The Morgan fingerprint density at radius 3 is 2.83 bits per heavy atom. The molecule has 8 nitrogen and oxygen atoms in total. The number of rotatable bonds is 6. The zero-order valence-corrected chi connectivity index (χ0v) is 16.8. The number of carbonyl (C=O) groups is 1. The highest BCUT2D eigenvalue weighted by Crippen LogP contribution is 2.42. The highest BCUT2D eigenvalue weighted by molar-refractivity contribution is 6.03. The maximum absolute atomic E-state index is 12.7. The molecule has 0 radical (unpaired) electrons. The standard InChI is InChI=1S/C22H26N6O2/c29-13-16-4-1-2-6-18(16)25-19-10-20(27-22(30)15-5-3-9-23-11-15)28-21(26-19)17(12-24-28)14-7-8-14/h3,5,9-12,14,16,18,29H,1-2,4,6-8,13H2,(H,25,26)(H,27,30)/t16-,18-/m1/s1. The van der Waals surface area contributed by atoms with Crippen molar-refractivity contribution in [3.05, 3.63) is 47.9 Å². The largest absolute Gasteiger partial charge is 0.396 e. The molecule has 1 amide bonds. The van der Waals surface area contributed by atoms with Crippen molar-refractivity contribution in [2.75, 3.05) is 17.2 Å². The number of hydrogen-bond donors (Lipinski definition) is 3. The van der Waals surface area contributed by atoms with Crippen LogP contribution in [0, 0.1) is 5.92 Å². The minimum atomic E-state index is -0.240. The minimum absolute atomic E-state index is 0.171. The van der Waals surface area contributed by atoms with Crippen LogP contribution in [0.2, 0.25) is 0 Å². The van der Waals surface area contributed by atoms with Crippen LogP contribution in [0.15, 0.2) is 36.8 Å². The Balaban J connectivity index is 1.49. The van der Waals surface area contributed by atoms with Crippen LogP contribution < -0.4 is 10.6 Å². The number of nitrogens with zero attached hydrogens (tertiary/aromatic N) is 4. The SMILES string of the molecule is O=C(Nc1cc(N[C@@H]2CCCC[C@@H]2CO)nc2c(C3CC3)cnn12)c1cccnc1. The highest BCUT2D eigenvalue weighted by atomic mass is 16.3. The van der Waals surface area contributed by atoms with Gasteiger partial charge in [0, 0.05) is 42.6 Å². The van der Waals surface area contributed by atoms with Gasteiger partial charge < -0.3 is 15.7 Å². The Morgan fingerprint density at radius 1 is 1.20 bits per heavy atom. The number of aliphatic hydroxyl groups is 1. The topological polar surface area (TPSA) is 104 Å². The maximum Gasteiger partial charge on any atom is 0.258 e. The van der Waals surface area contributed by atoms with Gasteiger partial charge >= 0.3 is 0 Å². The summed E-state index contributed by atoms with van der Waals surface area (Å²) >= 11 is 0. The highest BCUT2D eigenvalue weighted by Gasteiger charge is 2.29. The molecule has 3 aromatic rings. The average molecular weight is 406 g/mol. The summed E-state index contributed by atoms with van der Waals surface area (Å²) in [6, 6.07) is 5.47. The number of fused-ring (bicyclic) bond motifs is 1. The summed E-state index contributed by atoms with van der Waals surface area (Å²) in [6.45, 7) is 0.171. The van der Waals surface area contributed by atoms with E-state index in [2.05, 4.69) is 20.7 Å². The van der Waals surface area contributed by atoms with Gasteiger partial charge in [0.05, 0.1) is 11.8 Å². The van der Waals surface area contributed by atoms with E-state index in [0.29, 0.717) is 23.1 Å². The van der Waals surface area contributed by atoms with Crippen LogP contribution in [-0.4, -0.2) is 43.2 Å². The predicted octanol–water partition coefficient (Wildman–Crippen LogP) is 3.22. The van der Waals surface area contributed by atoms with Gasteiger partial charge in [-0.15, -0.1) is 0 Å². The molecular formula is C22H26N6O2. The Kier molecular flexibility index (Phi) is 5.08. The number of carbonyl (C=O) groups excluding carboxylic acids is 1. The molecular weight excluding hydrogens is 380 g/mol. The summed E-state index contributed by atoms with van der Waals surface area (Å²) in [7, 11) is 0. The zero-order chi connectivity index (χ0) is 20.5. The van der Waals surface area contributed by atoms with E-state index in [1.807, 2.05) is 12.3 Å². The first kappa shape index (κ1) is 19.0. The van der Waals surface area contributed by atoms with Crippen molar-refractivity contribution in [2.24, 2.45) is 5.92 Å². The number of aliphatic hydroxyl groups excluding tert-OH is 1. The minimum Gasteiger partial charge on any atom is -0.396 e. The van der Waals surface area contributed by atoms with Gasteiger partial charge in [0.1, 0.15) is 11.6 Å². The molecule has 0 bridgehead atoms. The summed E-state index contributed by atoms with van der Waals surface area (Å²) in [5, 5.41) is 20.8. The molecule has 0 unspecified atom stereocenters. The fraction of sp³-hybridized carbons (Fsp3) is 0.455. The third kappa shape index (κ3) is 3.75. The van der Waals surface area contributed by atoms with E-state index in [1.165, 1.54) is 0 Å². The molecule has 2 atom stereocenters. The Bertz CT molecular complexity index is 1050. The zero-order valence-electron chi connectivity index (χ0n) is 16.8. The normalized spacial score (nSPS) is 21.5. The van der Waals surface area contributed by atoms with E-state index in [4.69, 9.17) is 4.98 Å². The van der Waals surface area contributed by atoms with Gasteiger partial charge in [-0.3, -0.25) is 9.78 Å². The van der Waals surface area contributed by atoms with Crippen molar-refractivity contribution in [3.8, 4) is 0 Å².